The predicted molar refractivity (Wildman–Crippen MR) is 58.8 cm³/mol. The van der Waals surface area contributed by atoms with Crippen molar-refractivity contribution in [1.82, 2.24) is 0 Å². The Balaban J connectivity index is 2.54. The first kappa shape index (κ1) is 11.4. The fraction of sp³-hybridized carbons (Fsp3) is 0.333. The van der Waals surface area contributed by atoms with Crippen LogP contribution in [0.15, 0.2) is 12.1 Å². The maximum atomic E-state index is 11.5. The lowest BCUT2D eigenvalue weighted by Gasteiger charge is -2.22. The SMILES string of the molecule is CCc1c(C(=O)C(=O)O)ccc2c1OCCO2. The molecule has 1 aromatic carbocycles. The van der Waals surface area contributed by atoms with E-state index in [0.29, 0.717) is 36.7 Å². The summed E-state index contributed by atoms with van der Waals surface area (Å²) in [5.74, 6) is -1.32. The molecular formula is C12H12O5. The highest BCUT2D eigenvalue weighted by molar-refractivity contribution is 6.40. The minimum Gasteiger partial charge on any atom is -0.486 e. The molecular weight excluding hydrogens is 224 g/mol. The molecule has 0 bridgehead atoms. The first-order valence-corrected chi connectivity index (χ1v) is 5.34. The molecule has 90 valence electrons. The normalized spacial score (nSPS) is 13.2. The van der Waals surface area contributed by atoms with E-state index >= 15 is 0 Å². The van der Waals surface area contributed by atoms with Crippen LogP contribution in [0.5, 0.6) is 11.5 Å². The second-order valence-corrected chi connectivity index (χ2v) is 3.60. The van der Waals surface area contributed by atoms with E-state index in [9.17, 15) is 9.59 Å². The van der Waals surface area contributed by atoms with Crippen molar-refractivity contribution in [1.29, 1.82) is 0 Å². The van der Waals surface area contributed by atoms with E-state index in [1.54, 1.807) is 6.07 Å². The number of carboxylic acids is 1. The summed E-state index contributed by atoms with van der Waals surface area (Å²) in [6.45, 7) is 2.71. The summed E-state index contributed by atoms with van der Waals surface area (Å²) >= 11 is 0. The van der Waals surface area contributed by atoms with Crippen molar-refractivity contribution >= 4 is 11.8 Å². The standard InChI is InChI=1S/C12H12O5/c1-2-7-8(10(13)12(14)15)3-4-9-11(7)17-6-5-16-9/h3-4H,2,5-6H2,1H3,(H,14,15). The molecule has 1 N–H and O–H groups in total. The van der Waals surface area contributed by atoms with E-state index in [-0.39, 0.29) is 5.56 Å². The summed E-state index contributed by atoms with van der Waals surface area (Å²) < 4.78 is 10.8. The Bertz CT molecular complexity index is 478. The van der Waals surface area contributed by atoms with Crippen LogP contribution in [0, 0.1) is 0 Å². The topological polar surface area (TPSA) is 72.8 Å². The number of Topliss-reactive ketones (excluding diaryl/α,β-unsaturated/α-hetero) is 1. The highest BCUT2D eigenvalue weighted by Crippen LogP contribution is 2.36. The van der Waals surface area contributed by atoms with Crippen LogP contribution >= 0.6 is 0 Å². The van der Waals surface area contributed by atoms with Crippen LogP contribution < -0.4 is 9.47 Å². The number of hydrogen-bond donors (Lipinski definition) is 1. The molecule has 5 nitrogen and oxygen atoms in total. The molecule has 0 aliphatic carbocycles. The Hall–Kier alpha value is -2.04. The Labute approximate surface area is 98.0 Å². The van der Waals surface area contributed by atoms with Gasteiger partial charge in [-0.2, -0.15) is 0 Å². The second kappa shape index (κ2) is 4.45. The van der Waals surface area contributed by atoms with Crippen LogP contribution in [0.3, 0.4) is 0 Å². The minimum absolute atomic E-state index is 0.171. The molecule has 1 aromatic rings. The quantitative estimate of drug-likeness (QED) is 0.632. The van der Waals surface area contributed by atoms with Crippen molar-refractivity contribution in [3.8, 4) is 11.5 Å². The van der Waals surface area contributed by atoms with Gasteiger partial charge in [0.25, 0.3) is 5.78 Å². The molecule has 0 saturated carbocycles. The number of rotatable bonds is 3. The lowest BCUT2D eigenvalue weighted by atomic mass is 9.99. The number of aliphatic carboxylic acids is 1. The van der Waals surface area contributed by atoms with Crippen molar-refractivity contribution < 1.29 is 24.2 Å². The molecule has 0 spiro atoms. The highest BCUT2D eigenvalue weighted by atomic mass is 16.6. The summed E-state index contributed by atoms with van der Waals surface area (Å²) in [5, 5.41) is 8.74. The van der Waals surface area contributed by atoms with E-state index in [1.165, 1.54) is 6.07 Å². The number of benzene rings is 1. The third-order valence-electron chi connectivity index (χ3n) is 2.60. The Morgan fingerprint density at radius 3 is 2.65 bits per heavy atom. The van der Waals surface area contributed by atoms with Crippen LogP contribution in [0.25, 0.3) is 0 Å². The maximum Gasteiger partial charge on any atom is 0.377 e. The number of hydrogen-bond acceptors (Lipinski definition) is 4. The third kappa shape index (κ3) is 1.95. The first-order chi connectivity index (χ1) is 8.15. The van der Waals surface area contributed by atoms with Gasteiger partial charge >= 0.3 is 5.97 Å². The summed E-state index contributed by atoms with van der Waals surface area (Å²) in [6, 6.07) is 3.05. The van der Waals surface area contributed by atoms with Gasteiger partial charge in [-0.25, -0.2) is 4.79 Å². The van der Waals surface area contributed by atoms with Gasteiger partial charge in [0.2, 0.25) is 0 Å². The molecule has 0 amide bonds. The molecule has 2 rings (SSSR count). The van der Waals surface area contributed by atoms with E-state index in [1.807, 2.05) is 6.92 Å². The number of carbonyl (C=O) groups is 2. The number of fused-ring (bicyclic) bond motifs is 1. The fourth-order valence-electron chi connectivity index (χ4n) is 1.85. The third-order valence-corrected chi connectivity index (χ3v) is 2.60. The molecule has 0 radical (unpaired) electrons. The van der Waals surface area contributed by atoms with Gasteiger partial charge < -0.3 is 14.6 Å². The Morgan fingerprint density at radius 2 is 2.00 bits per heavy atom. The van der Waals surface area contributed by atoms with Gasteiger partial charge in [0, 0.05) is 11.1 Å². The molecule has 1 aliphatic rings. The van der Waals surface area contributed by atoms with Gasteiger partial charge in [0.15, 0.2) is 11.5 Å². The van der Waals surface area contributed by atoms with Crippen LogP contribution in [0.4, 0.5) is 0 Å². The molecule has 17 heavy (non-hydrogen) atoms. The van der Waals surface area contributed by atoms with Crippen LogP contribution in [-0.2, 0) is 11.2 Å². The zero-order chi connectivity index (χ0) is 12.4. The Kier molecular flexibility index (Phi) is 2.99. The van der Waals surface area contributed by atoms with Crippen molar-refractivity contribution in [3.05, 3.63) is 23.3 Å². The minimum atomic E-state index is -1.46. The summed E-state index contributed by atoms with van der Waals surface area (Å²) in [7, 11) is 0. The lowest BCUT2D eigenvalue weighted by Crippen LogP contribution is -2.20. The van der Waals surface area contributed by atoms with Gasteiger partial charge in [-0.15, -0.1) is 0 Å². The van der Waals surface area contributed by atoms with Crippen LogP contribution in [0.1, 0.15) is 22.8 Å². The monoisotopic (exact) mass is 236 g/mol. The fourth-order valence-corrected chi connectivity index (χ4v) is 1.85. The van der Waals surface area contributed by atoms with Crippen LogP contribution in [0.2, 0.25) is 0 Å². The summed E-state index contributed by atoms with van der Waals surface area (Å²) in [6.07, 6.45) is 0.515. The average molecular weight is 236 g/mol. The van der Waals surface area contributed by atoms with Crippen LogP contribution in [-0.4, -0.2) is 30.1 Å². The van der Waals surface area contributed by atoms with Crippen molar-refractivity contribution in [3.63, 3.8) is 0 Å². The highest BCUT2D eigenvalue weighted by Gasteiger charge is 2.24. The Morgan fingerprint density at radius 1 is 1.29 bits per heavy atom. The predicted octanol–water partition coefficient (Wildman–Crippen LogP) is 1.29. The number of ketones is 1. The lowest BCUT2D eigenvalue weighted by molar-refractivity contribution is -0.131. The molecule has 0 unspecified atom stereocenters. The number of carboxylic acid groups (broad SMARTS) is 1. The molecule has 5 heteroatoms. The molecule has 1 heterocycles. The van der Waals surface area contributed by atoms with Gasteiger partial charge in [-0.1, -0.05) is 6.92 Å². The second-order valence-electron chi connectivity index (χ2n) is 3.60. The molecule has 0 saturated heterocycles. The van der Waals surface area contributed by atoms with Gasteiger partial charge in [0.05, 0.1) is 0 Å². The largest absolute Gasteiger partial charge is 0.486 e. The van der Waals surface area contributed by atoms with Gasteiger partial charge in [-0.05, 0) is 18.6 Å². The molecule has 0 aromatic heterocycles. The molecule has 1 aliphatic heterocycles. The summed E-state index contributed by atoms with van der Waals surface area (Å²) in [4.78, 5) is 22.2. The zero-order valence-corrected chi connectivity index (χ0v) is 9.36. The zero-order valence-electron chi connectivity index (χ0n) is 9.36. The van der Waals surface area contributed by atoms with Gasteiger partial charge in [0.1, 0.15) is 13.2 Å². The van der Waals surface area contributed by atoms with E-state index < -0.39 is 11.8 Å². The van der Waals surface area contributed by atoms with E-state index in [0.717, 1.165) is 0 Å². The van der Waals surface area contributed by atoms with Crippen molar-refractivity contribution in [2.45, 2.75) is 13.3 Å². The average Bonchev–Trinajstić information content (AvgIpc) is 2.36. The van der Waals surface area contributed by atoms with Crippen molar-refractivity contribution in [2.75, 3.05) is 13.2 Å². The van der Waals surface area contributed by atoms with Gasteiger partial charge in [-0.3, -0.25) is 4.79 Å². The molecule has 0 fully saturated rings. The number of ether oxygens (including phenoxy) is 2. The first-order valence-electron chi connectivity index (χ1n) is 5.34. The molecule has 0 atom stereocenters. The summed E-state index contributed by atoms with van der Waals surface area (Å²) in [5.41, 5.74) is 0.763. The van der Waals surface area contributed by atoms with E-state index in [4.69, 9.17) is 14.6 Å². The van der Waals surface area contributed by atoms with Crippen molar-refractivity contribution in [2.24, 2.45) is 0 Å². The van der Waals surface area contributed by atoms with E-state index in [2.05, 4.69) is 0 Å². The smallest absolute Gasteiger partial charge is 0.377 e. The maximum absolute atomic E-state index is 11.5. The number of carbonyl (C=O) groups excluding carboxylic acids is 1.